The van der Waals surface area contributed by atoms with Gasteiger partial charge in [-0.05, 0) is 54.6 Å². The van der Waals surface area contributed by atoms with E-state index in [9.17, 15) is 18.0 Å². The van der Waals surface area contributed by atoms with Gasteiger partial charge in [-0.25, -0.2) is 18.2 Å². The lowest BCUT2D eigenvalue weighted by molar-refractivity contribution is 0.0696. The normalized spacial score (nSPS) is 11.1. The van der Waals surface area contributed by atoms with Gasteiger partial charge in [0.25, 0.3) is 5.91 Å². The highest BCUT2D eigenvalue weighted by Crippen LogP contribution is 2.32. The molecule has 40 heavy (non-hydrogen) atoms. The van der Waals surface area contributed by atoms with E-state index in [1.165, 1.54) is 61.8 Å². The molecule has 0 radical (unpaired) electrons. The molecule has 4 rings (SSSR count). The highest BCUT2D eigenvalue weighted by atomic mass is 32.2. The molecule has 0 spiro atoms. The Kier molecular flexibility index (Phi) is 8.99. The number of methoxy groups -OCH3 is 1. The molecule has 3 aromatic carbocycles. The number of nitrogens with one attached hydrogen (secondary N) is 1. The number of ether oxygens (including phenoxy) is 4. The van der Waals surface area contributed by atoms with Crippen molar-refractivity contribution >= 4 is 38.2 Å². The molecule has 1 aromatic heterocycles. The molecule has 0 aliphatic heterocycles. The molecule has 1 amide bonds. The van der Waals surface area contributed by atoms with Gasteiger partial charge in [0, 0.05) is 25.0 Å². The number of benzene rings is 3. The van der Waals surface area contributed by atoms with Gasteiger partial charge in [-0.3, -0.25) is 10.1 Å². The van der Waals surface area contributed by atoms with Gasteiger partial charge in [-0.15, -0.1) is 0 Å². The molecule has 11 nitrogen and oxygen atoms in total. The lowest BCUT2D eigenvalue weighted by atomic mass is 10.2. The van der Waals surface area contributed by atoms with Crippen molar-refractivity contribution in [1.29, 1.82) is 0 Å². The van der Waals surface area contributed by atoms with Gasteiger partial charge in [-0.1, -0.05) is 17.4 Å². The number of aromatic carboxylic acids is 1. The fourth-order valence-electron chi connectivity index (χ4n) is 3.32. The summed E-state index contributed by atoms with van der Waals surface area (Å²) in [5, 5.41) is 12.4. The van der Waals surface area contributed by atoms with E-state index in [-0.39, 0.29) is 33.5 Å². The van der Waals surface area contributed by atoms with Crippen molar-refractivity contribution in [2.45, 2.75) is 4.90 Å². The molecule has 0 fully saturated rings. The number of amides is 1. The van der Waals surface area contributed by atoms with Gasteiger partial charge < -0.3 is 24.1 Å². The summed E-state index contributed by atoms with van der Waals surface area (Å²) in [4.78, 5) is 28.6. The third kappa shape index (κ3) is 7.79. The summed E-state index contributed by atoms with van der Waals surface area (Å²) < 4.78 is 45.7. The van der Waals surface area contributed by atoms with Gasteiger partial charge in [0.2, 0.25) is 5.06 Å². The van der Waals surface area contributed by atoms with E-state index in [0.717, 1.165) is 17.6 Å². The van der Waals surface area contributed by atoms with Gasteiger partial charge in [-0.2, -0.15) is 0 Å². The van der Waals surface area contributed by atoms with Crippen molar-refractivity contribution in [3.05, 3.63) is 84.1 Å². The monoisotopic (exact) mass is 584 g/mol. The Bertz CT molecular complexity index is 1620. The number of carbonyl (C=O) groups is 2. The van der Waals surface area contributed by atoms with Crippen molar-refractivity contribution in [3.63, 3.8) is 0 Å². The van der Waals surface area contributed by atoms with Crippen LogP contribution in [0.4, 0.5) is 5.13 Å². The van der Waals surface area contributed by atoms with Crippen LogP contribution in [0.3, 0.4) is 0 Å². The Morgan fingerprint density at radius 1 is 0.900 bits per heavy atom. The Balaban J connectivity index is 1.50. The summed E-state index contributed by atoms with van der Waals surface area (Å²) in [6, 6.07) is 16.5. The highest BCUT2D eigenvalue weighted by Gasteiger charge is 2.15. The third-order valence-electron chi connectivity index (χ3n) is 5.19. The van der Waals surface area contributed by atoms with Crippen molar-refractivity contribution in [1.82, 2.24) is 4.98 Å². The predicted molar refractivity (Wildman–Crippen MR) is 147 cm³/mol. The van der Waals surface area contributed by atoms with Crippen LogP contribution in [0.5, 0.6) is 28.1 Å². The smallest absolute Gasteiger partial charge is 0.335 e. The number of carbonyl (C=O) groups excluding carboxylic acids is 1. The number of anilines is 1. The van der Waals surface area contributed by atoms with Crippen molar-refractivity contribution < 1.29 is 42.1 Å². The fourth-order valence-corrected chi connectivity index (χ4v) is 4.63. The van der Waals surface area contributed by atoms with Gasteiger partial charge in [0.05, 0.1) is 23.3 Å². The maximum Gasteiger partial charge on any atom is 0.335 e. The molecule has 0 saturated heterocycles. The average molecular weight is 585 g/mol. The van der Waals surface area contributed by atoms with E-state index < -0.39 is 21.7 Å². The lowest BCUT2D eigenvalue weighted by Crippen LogP contribution is -2.12. The second kappa shape index (κ2) is 12.6. The zero-order chi connectivity index (χ0) is 28.7. The van der Waals surface area contributed by atoms with Crippen LogP contribution in [0.25, 0.3) is 0 Å². The third-order valence-corrected chi connectivity index (χ3v) is 7.11. The number of sulfone groups is 1. The molecule has 0 saturated carbocycles. The topological polar surface area (TPSA) is 150 Å². The van der Waals surface area contributed by atoms with Crippen LogP contribution in [-0.4, -0.2) is 57.0 Å². The summed E-state index contributed by atoms with van der Waals surface area (Å²) in [6.07, 6.45) is 2.52. The second-order valence-electron chi connectivity index (χ2n) is 8.25. The molecule has 13 heteroatoms. The highest BCUT2D eigenvalue weighted by molar-refractivity contribution is 7.90. The molecule has 0 unspecified atom stereocenters. The molecule has 0 aliphatic carbocycles. The average Bonchev–Trinajstić information content (AvgIpc) is 3.35. The van der Waals surface area contributed by atoms with Crippen LogP contribution in [0.1, 0.15) is 20.7 Å². The fraction of sp³-hybridized carbons (Fsp3) is 0.148. The van der Waals surface area contributed by atoms with E-state index in [1.54, 1.807) is 18.2 Å². The first kappa shape index (κ1) is 28.5. The first-order valence-corrected chi connectivity index (χ1v) is 14.3. The molecule has 2 N–H and O–H groups in total. The van der Waals surface area contributed by atoms with Gasteiger partial charge >= 0.3 is 5.97 Å². The van der Waals surface area contributed by atoms with Crippen molar-refractivity contribution in [2.75, 3.05) is 31.9 Å². The maximum absolute atomic E-state index is 13.1. The molecule has 4 aromatic rings. The minimum atomic E-state index is -3.36. The minimum absolute atomic E-state index is 0.0764. The van der Waals surface area contributed by atoms with Crippen LogP contribution < -0.4 is 19.5 Å². The van der Waals surface area contributed by atoms with E-state index in [1.807, 2.05) is 0 Å². The maximum atomic E-state index is 13.1. The first-order chi connectivity index (χ1) is 19.1. The summed E-state index contributed by atoms with van der Waals surface area (Å²) in [7, 11) is -1.82. The second-order valence-corrected chi connectivity index (χ2v) is 11.3. The van der Waals surface area contributed by atoms with Crippen LogP contribution in [0.2, 0.25) is 0 Å². The number of nitrogens with zero attached hydrogens (tertiary/aromatic N) is 1. The van der Waals surface area contributed by atoms with Crippen LogP contribution >= 0.6 is 11.3 Å². The molecule has 0 aliphatic rings. The molecule has 208 valence electrons. The number of carboxylic acid groups (broad SMARTS) is 1. The van der Waals surface area contributed by atoms with E-state index in [0.29, 0.717) is 28.9 Å². The van der Waals surface area contributed by atoms with Gasteiger partial charge in [0.1, 0.15) is 29.6 Å². The molecular formula is C27H24N2O9S2. The molecule has 1 heterocycles. The van der Waals surface area contributed by atoms with Crippen molar-refractivity contribution in [3.8, 4) is 28.1 Å². The SMILES string of the molecule is COCCOc1cc(Oc2ccc(S(C)(=O)=O)cc2)cc(C(=O)Nc2ncc(Oc3cccc(C(=O)O)c3)s2)c1. The lowest BCUT2D eigenvalue weighted by Gasteiger charge is -2.12. The summed E-state index contributed by atoms with van der Waals surface area (Å²) in [6.45, 7) is 0.567. The van der Waals surface area contributed by atoms with E-state index in [4.69, 9.17) is 24.1 Å². The molecular weight excluding hydrogens is 560 g/mol. The predicted octanol–water partition coefficient (Wildman–Crippen LogP) is 5.11. The number of hydrogen-bond acceptors (Lipinski definition) is 10. The Labute approximate surface area is 233 Å². The molecule has 0 atom stereocenters. The van der Waals surface area contributed by atoms with Crippen LogP contribution in [0, 0.1) is 0 Å². The zero-order valence-electron chi connectivity index (χ0n) is 21.3. The number of rotatable bonds is 12. The van der Waals surface area contributed by atoms with Crippen molar-refractivity contribution in [2.24, 2.45) is 0 Å². The number of aromatic nitrogens is 1. The minimum Gasteiger partial charge on any atom is -0.491 e. The largest absolute Gasteiger partial charge is 0.491 e. The van der Waals surface area contributed by atoms with Crippen LogP contribution in [-0.2, 0) is 14.6 Å². The Morgan fingerprint density at radius 3 is 2.33 bits per heavy atom. The van der Waals surface area contributed by atoms with Gasteiger partial charge in [0.15, 0.2) is 15.0 Å². The Morgan fingerprint density at radius 2 is 1.62 bits per heavy atom. The first-order valence-electron chi connectivity index (χ1n) is 11.6. The van der Waals surface area contributed by atoms with E-state index in [2.05, 4.69) is 10.3 Å². The quantitative estimate of drug-likeness (QED) is 0.215. The molecule has 0 bridgehead atoms. The number of carboxylic acids is 1. The standard InChI is InChI=1S/C27H24N2O9S2/c1-35-10-11-36-21-13-18(14-22(15-21)37-19-6-8-23(9-7-19)40(2,33)34)25(30)29-27-28-16-24(39-27)38-20-5-3-4-17(12-20)26(31)32/h3-9,12-16H,10-11H2,1-2H3,(H,31,32)(H,28,29,30). The number of hydrogen-bond donors (Lipinski definition) is 2. The summed E-state index contributed by atoms with van der Waals surface area (Å²) in [5.74, 6) is -0.258. The zero-order valence-corrected chi connectivity index (χ0v) is 23.0. The Hall–Kier alpha value is -4.46. The van der Waals surface area contributed by atoms with E-state index >= 15 is 0 Å². The summed E-state index contributed by atoms with van der Waals surface area (Å²) >= 11 is 1.06. The number of thiazole rings is 1. The summed E-state index contributed by atoms with van der Waals surface area (Å²) in [5.41, 5.74) is 0.289. The van der Waals surface area contributed by atoms with Crippen LogP contribution in [0.15, 0.2) is 77.8 Å².